The van der Waals surface area contributed by atoms with Crippen molar-refractivity contribution in [2.75, 3.05) is 11.9 Å². The molecule has 3 aromatic rings. The number of aromatic nitrogens is 2. The van der Waals surface area contributed by atoms with Gasteiger partial charge in [-0.05, 0) is 30.3 Å². The van der Waals surface area contributed by atoms with Gasteiger partial charge in [-0.3, -0.25) is 23.5 Å². The minimum atomic E-state index is -4.05. The molecule has 2 aromatic carbocycles. The number of carbonyl (C=O) groups is 3. The summed E-state index contributed by atoms with van der Waals surface area (Å²) >= 11 is 0. The van der Waals surface area contributed by atoms with Crippen molar-refractivity contribution in [1.82, 2.24) is 9.13 Å². The molecule has 11 nitrogen and oxygen atoms in total. The molecular weight excluding hydrogens is 466 g/mol. The van der Waals surface area contributed by atoms with Gasteiger partial charge in [-0.25, -0.2) is 18.0 Å². The number of benzene rings is 2. The van der Waals surface area contributed by atoms with Crippen LogP contribution in [0.3, 0.4) is 0 Å². The zero-order chi connectivity index (χ0) is 24.8. The summed E-state index contributed by atoms with van der Waals surface area (Å²) in [5.41, 5.74) is -1.50. The Morgan fingerprint density at radius 3 is 2.32 bits per heavy atom. The third kappa shape index (κ3) is 3.73. The van der Waals surface area contributed by atoms with Crippen molar-refractivity contribution in [2.45, 2.75) is 9.79 Å². The van der Waals surface area contributed by atoms with E-state index in [0.29, 0.717) is 0 Å². The number of rotatable bonds is 4. The second-order valence-electron chi connectivity index (χ2n) is 7.43. The van der Waals surface area contributed by atoms with E-state index >= 15 is 0 Å². The normalized spacial score (nSPS) is 13.5. The minimum Gasteiger partial charge on any atom is -0.452 e. The van der Waals surface area contributed by atoms with Crippen molar-refractivity contribution in [2.24, 2.45) is 14.1 Å². The third-order valence-corrected chi connectivity index (χ3v) is 7.15. The Labute approximate surface area is 192 Å². The summed E-state index contributed by atoms with van der Waals surface area (Å²) in [5, 5.41) is 2.30. The van der Waals surface area contributed by atoms with Crippen LogP contribution in [0.1, 0.15) is 26.3 Å². The molecule has 1 N–H and O–H groups in total. The molecule has 1 amide bonds. The van der Waals surface area contributed by atoms with Crippen molar-refractivity contribution in [3.05, 3.63) is 86.1 Å². The van der Waals surface area contributed by atoms with E-state index in [2.05, 4.69) is 5.32 Å². The number of ketones is 1. The van der Waals surface area contributed by atoms with Crippen LogP contribution in [0, 0.1) is 0 Å². The van der Waals surface area contributed by atoms with E-state index in [0.717, 1.165) is 21.3 Å². The summed E-state index contributed by atoms with van der Waals surface area (Å²) in [7, 11) is -1.43. The van der Waals surface area contributed by atoms with Gasteiger partial charge in [-0.2, -0.15) is 0 Å². The molecular formula is C22H17N3O8S. The molecule has 174 valence electrons. The fraction of sp³-hybridized carbons (Fsp3) is 0.136. The van der Waals surface area contributed by atoms with Crippen molar-refractivity contribution in [1.29, 1.82) is 0 Å². The molecule has 1 aliphatic rings. The molecule has 1 aliphatic heterocycles. The Balaban J connectivity index is 1.53. The van der Waals surface area contributed by atoms with Gasteiger partial charge in [-0.15, -0.1) is 0 Å². The highest BCUT2D eigenvalue weighted by atomic mass is 32.2. The van der Waals surface area contributed by atoms with E-state index in [1.807, 2.05) is 0 Å². The largest absolute Gasteiger partial charge is 0.452 e. The molecule has 0 atom stereocenters. The summed E-state index contributed by atoms with van der Waals surface area (Å²) in [4.78, 5) is 60.5. The van der Waals surface area contributed by atoms with Gasteiger partial charge in [0, 0.05) is 31.3 Å². The molecule has 0 aliphatic carbocycles. The highest BCUT2D eigenvalue weighted by molar-refractivity contribution is 7.91. The van der Waals surface area contributed by atoms with Crippen LogP contribution >= 0.6 is 0 Å². The van der Waals surface area contributed by atoms with Crippen LogP contribution in [0.15, 0.2) is 67.9 Å². The number of ether oxygens (including phenoxy) is 1. The number of anilines is 1. The van der Waals surface area contributed by atoms with E-state index in [1.54, 1.807) is 6.07 Å². The van der Waals surface area contributed by atoms with Gasteiger partial charge in [0.25, 0.3) is 11.5 Å². The Morgan fingerprint density at radius 2 is 1.59 bits per heavy atom. The van der Waals surface area contributed by atoms with Crippen LogP contribution in [-0.4, -0.2) is 41.8 Å². The fourth-order valence-electron chi connectivity index (χ4n) is 3.46. The second-order valence-corrected chi connectivity index (χ2v) is 9.32. The van der Waals surface area contributed by atoms with Crippen LogP contribution in [0.5, 0.6) is 0 Å². The number of fused-ring (bicyclic) bond motifs is 2. The highest BCUT2D eigenvalue weighted by Gasteiger charge is 2.35. The Bertz CT molecular complexity index is 1620. The lowest BCUT2D eigenvalue weighted by molar-refractivity contribution is -0.119. The van der Waals surface area contributed by atoms with Crippen LogP contribution in [0.4, 0.5) is 5.82 Å². The molecule has 2 heterocycles. The van der Waals surface area contributed by atoms with Gasteiger partial charge in [-0.1, -0.05) is 12.1 Å². The monoisotopic (exact) mass is 483 g/mol. The predicted octanol–water partition coefficient (Wildman–Crippen LogP) is 0.257. The lowest BCUT2D eigenvalue weighted by Gasteiger charge is -2.19. The highest BCUT2D eigenvalue weighted by Crippen LogP contribution is 2.34. The van der Waals surface area contributed by atoms with Gasteiger partial charge in [0.2, 0.25) is 9.84 Å². The van der Waals surface area contributed by atoms with Crippen LogP contribution in [-0.2, 0) is 33.5 Å². The van der Waals surface area contributed by atoms with Crippen LogP contribution in [0.2, 0.25) is 0 Å². The molecule has 0 radical (unpaired) electrons. The lowest BCUT2D eigenvalue weighted by Crippen LogP contribution is -2.38. The van der Waals surface area contributed by atoms with E-state index in [9.17, 15) is 32.4 Å². The van der Waals surface area contributed by atoms with Gasteiger partial charge < -0.3 is 10.1 Å². The first-order chi connectivity index (χ1) is 16.0. The first-order valence-electron chi connectivity index (χ1n) is 9.79. The second kappa shape index (κ2) is 8.23. The van der Waals surface area contributed by atoms with E-state index in [4.69, 9.17) is 4.74 Å². The number of hydrogen-bond donors (Lipinski definition) is 1. The first-order valence-corrected chi connectivity index (χ1v) is 11.3. The molecule has 0 saturated carbocycles. The van der Waals surface area contributed by atoms with Gasteiger partial charge in [0.15, 0.2) is 12.4 Å². The number of nitrogens with one attached hydrogen (secondary N) is 1. The standard InChI is InChI=1S/C22H17N3O8S/c1-24-17(10-19(27)25(2)22(24)30)23-18(26)11-33-21(29)12-7-8-14-16(9-12)34(31,32)15-6-4-3-5-13(15)20(14)28/h3-10H,11H2,1-2H3,(H,23,26). The number of amides is 1. The Kier molecular flexibility index (Phi) is 5.53. The molecule has 0 spiro atoms. The minimum absolute atomic E-state index is 0.0483. The van der Waals surface area contributed by atoms with E-state index in [-0.39, 0.29) is 32.3 Å². The van der Waals surface area contributed by atoms with Crippen molar-refractivity contribution in [3.8, 4) is 0 Å². The van der Waals surface area contributed by atoms with Gasteiger partial charge >= 0.3 is 11.7 Å². The number of nitrogens with zero attached hydrogens (tertiary/aromatic N) is 2. The lowest BCUT2D eigenvalue weighted by atomic mass is 10.0. The molecule has 4 rings (SSSR count). The Hall–Kier alpha value is -4.32. The molecule has 0 fully saturated rings. The first kappa shape index (κ1) is 22.9. The number of esters is 1. The van der Waals surface area contributed by atoms with Crippen molar-refractivity contribution < 1.29 is 27.5 Å². The quantitative estimate of drug-likeness (QED) is 0.406. The maximum Gasteiger partial charge on any atom is 0.338 e. The molecule has 1 aromatic heterocycles. The zero-order valence-electron chi connectivity index (χ0n) is 17.9. The Morgan fingerprint density at radius 1 is 0.912 bits per heavy atom. The van der Waals surface area contributed by atoms with E-state index in [1.165, 1.54) is 44.4 Å². The average molecular weight is 483 g/mol. The summed E-state index contributed by atoms with van der Waals surface area (Å²) in [5.74, 6) is -2.41. The third-order valence-electron chi connectivity index (χ3n) is 5.30. The van der Waals surface area contributed by atoms with Crippen LogP contribution < -0.4 is 16.6 Å². The molecule has 0 bridgehead atoms. The van der Waals surface area contributed by atoms with Crippen molar-refractivity contribution >= 4 is 33.3 Å². The van der Waals surface area contributed by atoms with Gasteiger partial charge in [0.05, 0.1) is 15.4 Å². The smallest absolute Gasteiger partial charge is 0.338 e. The topological polar surface area (TPSA) is 151 Å². The SMILES string of the molecule is Cn1c(NC(=O)COC(=O)c2ccc3c(c2)S(=O)(=O)c2ccccc2C3=O)cc(=O)n(C)c1=O. The summed E-state index contributed by atoms with van der Waals surface area (Å²) < 4.78 is 32.8. The maximum atomic E-state index is 13.0. The van der Waals surface area contributed by atoms with Gasteiger partial charge in [0.1, 0.15) is 5.82 Å². The predicted molar refractivity (Wildman–Crippen MR) is 118 cm³/mol. The number of hydrogen-bond acceptors (Lipinski definition) is 8. The summed E-state index contributed by atoms with van der Waals surface area (Å²) in [6, 6.07) is 10.3. The van der Waals surface area contributed by atoms with E-state index < -0.39 is 45.4 Å². The zero-order valence-corrected chi connectivity index (χ0v) is 18.7. The summed E-state index contributed by atoms with van der Waals surface area (Å²) in [6.07, 6.45) is 0. The molecule has 12 heteroatoms. The fourth-order valence-corrected chi connectivity index (χ4v) is 5.13. The molecule has 34 heavy (non-hydrogen) atoms. The number of sulfone groups is 1. The molecule has 0 unspecified atom stereocenters. The molecule has 0 saturated heterocycles. The number of carbonyl (C=O) groups excluding carboxylic acids is 3. The van der Waals surface area contributed by atoms with Crippen LogP contribution in [0.25, 0.3) is 0 Å². The average Bonchev–Trinajstić information content (AvgIpc) is 2.83. The summed E-state index contributed by atoms with van der Waals surface area (Å²) in [6.45, 7) is -0.770. The maximum absolute atomic E-state index is 13.0. The van der Waals surface area contributed by atoms with Crippen molar-refractivity contribution in [3.63, 3.8) is 0 Å².